The van der Waals surface area contributed by atoms with E-state index in [1.165, 1.54) is 0 Å². The number of hydrogen-bond donors (Lipinski definition) is 0. The van der Waals surface area contributed by atoms with Crippen LogP contribution in [0, 0.1) is 5.92 Å². The lowest BCUT2D eigenvalue weighted by atomic mass is 9.70. The van der Waals surface area contributed by atoms with E-state index in [2.05, 4.69) is 36.4 Å². The number of rotatable bonds is 9. The topological polar surface area (TPSA) is 73.8 Å². The van der Waals surface area contributed by atoms with Crippen LogP contribution in [0.15, 0.2) is 78.9 Å². The summed E-state index contributed by atoms with van der Waals surface area (Å²) in [6.45, 7) is 0. The van der Waals surface area contributed by atoms with Gasteiger partial charge in [0.05, 0.1) is 54.1 Å². The van der Waals surface area contributed by atoms with Gasteiger partial charge in [-0.25, -0.2) is 0 Å². The molecule has 4 atom stereocenters. The van der Waals surface area contributed by atoms with Crippen molar-refractivity contribution in [3.8, 4) is 46.0 Å². The SMILES string of the molecule is COc1cc(OC)c2c(c1OC)O[C@H]1c3c(OC)cc(OC)c(OC)c3O[C@H](c3ccccc3)[C@H]1[C@@H]2C=Cc1ccccc1. The van der Waals surface area contributed by atoms with Gasteiger partial charge in [0.2, 0.25) is 11.5 Å². The van der Waals surface area contributed by atoms with Gasteiger partial charge in [-0.1, -0.05) is 72.8 Å². The van der Waals surface area contributed by atoms with Gasteiger partial charge in [-0.05, 0) is 11.1 Å². The summed E-state index contributed by atoms with van der Waals surface area (Å²) < 4.78 is 49.2. The highest BCUT2D eigenvalue weighted by atomic mass is 16.6. The summed E-state index contributed by atoms with van der Waals surface area (Å²) >= 11 is 0. The molecule has 0 aromatic heterocycles. The number of methoxy groups -OCH3 is 6. The van der Waals surface area contributed by atoms with Crippen LogP contribution in [0.25, 0.3) is 6.08 Å². The van der Waals surface area contributed by atoms with Gasteiger partial charge in [0, 0.05) is 23.6 Å². The van der Waals surface area contributed by atoms with Crippen LogP contribution in [-0.2, 0) is 0 Å². The molecule has 228 valence electrons. The lowest BCUT2D eigenvalue weighted by molar-refractivity contribution is -0.0138. The van der Waals surface area contributed by atoms with Crippen molar-refractivity contribution in [2.75, 3.05) is 42.7 Å². The van der Waals surface area contributed by atoms with E-state index in [4.69, 9.17) is 37.9 Å². The number of benzene rings is 4. The Balaban J connectivity index is 1.68. The molecule has 0 N–H and O–H groups in total. The zero-order valence-electron chi connectivity index (χ0n) is 25.7. The first-order valence-corrected chi connectivity index (χ1v) is 14.4. The Morgan fingerprint density at radius 3 is 1.59 bits per heavy atom. The standard InChI is InChI=1S/C36H36O8/c1-37-24-19-26(39-3)32(41-5)35-28(24)23(18-17-21-13-9-7-10-14-21)29-31(22-15-11-8-12-16-22)43-36-30(34(29)44-35)25(38-2)20-27(40-4)33(36)42-6/h7-20,23,29,31,34H,1-6H3/t23-,29-,31-,34-/m1/s1. The van der Waals surface area contributed by atoms with Gasteiger partial charge in [0.15, 0.2) is 23.0 Å². The molecule has 6 rings (SSSR count). The smallest absolute Gasteiger partial charge is 0.204 e. The summed E-state index contributed by atoms with van der Waals surface area (Å²) in [4.78, 5) is 0. The van der Waals surface area contributed by atoms with E-state index in [0.717, 1.165) is 22.3 Å². The molecule has 8 nitrogen and oxygen atoms in total. The molecular weight excluding hydrogens is 560 g/mol. The number of ether oxygens (including phenoxy) is 8. The number of fused-ring (bicyclic) bond motifs is 4. The predicted octanol–water partition coefficient (Wildman–Crippen LogP) is 7.42. The number of allylic oxidation sites excluding steroid dienone is 1. The van der Waals surface area contributed by atoms with E-state index >= 15 is 0 Å². The maximum Gasteiger partial charge on any atom is 0.204 e. The fourth-order valence-corrected chi connectivity index (χ4v) is 6.39. The molecule has 4 aromatic carbocycles. The van der Waals surface area contributed by atoms with Crippen molar-refractivity contribution in [3.63, 3.8) is 0 Å². The zero-order chi connectivity index (χ0) is 30.8. The van der Waals surface area contributed by atoms with E-state index in [-0.39, 0.29) is 11.8 Å². The molecule has 2 heterocycles. The van der Waals surface area contributed by atoms with Crippen molar-refractivity contribution in [1.82, 2.24) is 0 Å². The summed E-state index contributed by atoms with van der Waals surface area (Å²) in [5.74, 6) is 3.62. The van der Waals surface area contributed by atoms with Crippen molar-refractivity contribution in [3.05, 3.63) is 101 Å². The van der Waals surface area contributed by atoms with Crippen molar-refractivity contribution in [2.24, 2.45) is 5.92 Å². The van der Waals surface area contributed by atoms with Crippen LogP contribution in [0.4, 0.5) is 0 Å². The molecule has 0 bridgehead atoms. The Labute approximate surface area is 257 Å². The minimum absolute atomic E-state index is 0.255. The monoisotopic (exact) mass is 596 g/mol. The maximum atomic E-state index is 7.04. The molecule has 0 radical (unpaired) electrons. The molecule has 0 fully saturated rings. The first-order valence-electron chi connectivity index (χ1n) is 14.4. The molecule has 0 unspecified atom stereocenters. The van der Waals surface area contributed by atoms with Gasteiger partial charge < -0.3 is 37.9 Å². The Kier molecular flexibility index (Phi) is 8.15. The Hall–Kier alpha value is -4.98. The van der Waals surface area contributed by atoms with Gasteiger partial charge in [0.1, 0.15) is 23.7 Å². The van der Waals surface area contributed by atoms with Crippen LogP contribution in [0.3, 0.4) is 0 Å². The summed E-state index contributed by atoms with van der Waals surface area (Å²) in [5, 5.41) is 0. The molecule has 0 saturated heterocycles. The van der Waals surface area contributed by atoms with E-state index in [0.29, 0.717) is 46.0 Å². The second kappa shape index (κ2) is 12.3. The molecule has 0 spiro atoms. The molecular formula is C36H36O8. The Bertz CT molecular complexity index is 1650. The van der Waals surface area contributed by atoms with Crippen LogP contribution in [0.1, 0.15) is 40.4 Å². The van der Waals surface area contributed by atoms with Gasteiger partial charge in [0.25, 0.3) is 0 Å². The highest BCUT2D eigenvalue weighted by Gasteiger charge is 2.53. The largest absolute Gasteiger partial charge is 0.496 e. The first kappa shape index (κ1) is 29.1. The van der Waals surface area contributed by atoms with Crippen LogP contribution in [0.5, 0.6) is 46.0 Å². The van der Waals surface area contributed by atoms with Gasteiger partial charge >= 0.3 is 0 Å². The third kappa shape index (κ3) is 4.80. The fraction of sp³-hybridized carbons (Fsp3) is 0.278. The highest BCUT2D eigenvalue weighted by molar-refractivity contribution is 5.69. The summed E-state index contributed by atoms with van der Waals surface area (Å²) in [6.07, 6.45) is 3.31. The van der Waals surface area contributed by atoms with Gasteiger partial charge in [-0.15, -0.1) is 0 Å². The second-order valence-electron chi connectivity index (χ2n) is 10.5. The normalized spacial score (nSPS) is 19.9. The van der Waals surface area contributed by atoms with E-state index < -0.39 is 12.2 Å². The number of hydrogen-bond acceptors (Lipinski definition) is 8. The molecule has 8 heteroatoms. The van der Waals surface area contributed by atoms with Crippen molar-refractivity contribution >= 4 is 6.08 Å². The molecule has 0 amide bonds. The van der Waals surface area contributed by atoms with Crippen LogP contribution >= 0.6 is 0 Å². The Morgan fingerprint density at radius 1 is 0.545 bits per heavy atom. The zero-order valence-corrected chi connectivity index (χ0v) is 25.7. The lowest BCUT2D eigenvalue weighted by Crippen LogP contribution is -2.39. The molecule has 0 aliphatic carbocycles. The van der Waals surface area contributed by atoms with Gasteiger partial charge in [-0.2, -0.15) is 0 Å². The molecule has 2 aliphatic heterocycles. The average molecular weight is 597 g/mol. The van der Waals surface area contributed by atoms with E-state index in [1.54, 1.807) is 48.7 Å². The van der Waals surface area contributed by atoms with Crippen LogP contribution < -0.4 is 37.9 Å². The van der Waals surface area contributed by atoms with Crippen molar-refractivity contribution in [2.45, 2.75) is 18.1 Å². The average Bonchev–Trinajstić information content (AvgIpc) is 3.08. The molecule has 44 heavy (non-hydrogen) atoms. The van der Waals surface area contributed by atoms with Crippen LogP contribution in [-0.4, -0.2) is 42.7 Å². The lowest BCUT2D eigenvalue weighted by Gasteiger charge is -2.47. The predicted molar refractivity (Wildman–Crippen MR) is 167 cm³/mol. The molecule has 0 saturated carbocycles. The van der Waals surface area contributed by atoms with E-state index in [9.17, 15) is 0 Å². The molecule has 2 aliphatic rings. The minimum atomic E-state index is -0.553. The first-order chi connectivity index (χ1) is 21.6. The fourth-order valence-electron chi connectivity index (χ4n) is 6.39. The second-order valence-corrected chi connectivity index (χ2v) is 10.5. The minimum Gasteiger partial charge on any atom is -0.496 e. The molecule has 4 aromatic rings. The maximum absolute atomic E-state index is 7.04. The van der Waals surface area contributed by atoms with Crippen molar-refractivity contribution < 1.29 is 37.9 Å². The highest BCUT2D eigenvalue weighted by Crippen LogP contribution is 2.65. The van der Waals surface area contributed by atoms with E-state index in [1.807, 2.05) is 42.5 Å². The third-order valence-electron chi connectivity index (χ3n) is 8.34. The summed E-state index contributed by atoms with van der Waals surface area (Å²) in [5.41, 5.74) is 3.61. The Morgan fingerprint density at radius 2 is 1.05 bits per heavy atom. The van der Waals surface area contributed by atoms with Crippen molar-refractivity contribution in [1.29, 1.82) is 0 Å². The van der Waals surface area contributed by atoms with Crippen LogP contribution in [0.2, 0.25) is 0 Å². The van der Waals surface area contributed by atoms with Gasteiger partial charge in [-0.3, -0.25) is 0 Å². The quantitative estimate of drug-likeness (QED) is 0.198. The summed E-state index contributed by atoms with van der Waals surface area (Å²) in [7, 11) is 9.65. The summed E-state index contributed by atoms with van der Waals surface area (Å²) in [6, 6.07) is 24.0. The third-order valence-corrected chi connectivity index (χ3v) is 8.34.